The molecule has 1 aromatic rings. The summed E-state index contributed by atoms with van der Waals surface area (Å²) in [5.74, 6) is 0.309. The Balaban J connectivity index is 1.58. The lowest BCUT2D eigenvalue weighted by molar-refractivity contribution is -0.152. The van der Waals surface area contributed by atoms with Crippen molar-refractivity contribution in [2.24, 2.45) is 17.8 Å². The molecule has 0 aliphatic heterocycles. The Labute approximate surface area is 152 Å². The maximum Gasteiger partial charge on any atom is 0.309 e. The molecule has 0 heterocycles. The minimum atomic E-state index is -0.372. The lowest BCUT2D eigenvalue weighted by Gasteiger charge is -2.36. The van der Waals surface area contributed by atoms with Crippen LogP contribution in [0, 0.1) is 17.8 Å². The van der Waals surface area contributed by atoms with E-state index in [2.05, 4.69) is 0 Å². The summed E-state index contributed by atoms with van der Waals surface area (Å²) in [7, 11) is 3.01. The van der Waals surface area contributed by atoms with Gasteiger partial charge in [0.15, 0.2) is 23.9 Å². The van der Waals surface area contributed by atoms with E-state index in [1.807, 2.05) is 0 Å². The zero-order valence-corrected chi connectivity index (χ0v) is 15.2. The molecule has 6 nitrogen and oxygen atoms in total. The monoisotopic (exact) mass is 360 g/mol. The second kappa shape index (κ2) is 7.89. The number of methoxy groups -OCH3 is 2. The smallest absolute Gasteiger partial charge is 0.309 e. The van der Waals surface area contributed by atoms with Gasteiger partial charge in [-0.25, -0.2) is 0 Å². The molecule has 2 saturated carbocycles. The molecule has 0 N–H and O–H groups in total. The largest absolute Gasteiger partial charge is 0.493 e. The van der Waals surface area contributed by atoms with E-state index in [9.17, 15) is 14.4 Å². The Morgan fingerprint density at radius 1 is 1.04 bits per heavy atom. The molecule has 0 saturated heterocycles. The Morgan fingerprint density at radius 2 is 1.69 bits per heavy atom. The lowest BCUT2D eigenvalue weighted by atomic mass is 9.67. The average Bonchev–Trinajstić information content (AvgIpc) is 2.64. The number of esters is 1. The highest BCUT2D eigenvalue weighted by Crippen LogP contribution is 2.40. The predicted octanol–water partition coefficient (Wildman–Crippen LogP) is 2.83. The molecule has 140 valence electrons. The minimum Gasteiger partial charge on any atom is -0.493 e. The molecule has 0 aromatic heterocycles. The first kappa shape index (κ1) is 18.4. The second-order valence-electron chi connectivity index (χ2n) is 7.00. The molecule has 3 rings (SSSR count). The van der Waals surface area contributed by atoms with Gasteiger partial charge < -0.3 is 14.2 Å². The molecule has 2 bridgehead atoms. The Kier molecular flexibility index (Phi) is 5.59. The van der Waals surface area contributed by atoms with Crippen LogP contribution in [0.15, 0.2) is 18.2 Å². The van der Waals surface area contributed by atoms with Crippen molar-refractivity contribution in [2.45, 2.75) is 32.1 Å². The number of Topliss-reactive ketones (excluding diaryl/α,β-unsaturated/α-hetero) is 2. The van der Waals surface area contributed by atoms with Gasteiger partial charge in [0.2, 0.25) is 0 Å². The number of hydrogen-bond donors (Lipinski definition) is 0. The van der Waals surface area contributed by atoms with Gasteiger partial charge in [0.25, 0.3) is 0 Å². The zero-order valence-electron chi connectivity index (χ0n) is 15.2. The number of carbonyl (C=O) groups excluding carboxylic acids is 3. The highest BCUT2D eigenvalue weighted by molar-refractivity contribution is 5.98. The van der Waals surface area contributed by atoms with Crippen LogP contribution in [0.3, 0.4) is 0 Å². The van der Waals surface area contributed by atoms with Crippen molar-refractivity contribution < 1.29 is 28.6 Å². The van der Waals surface area contributed by atoms with Crippen molar-refractivity contribution in [1.82, 2.24) is 0 Å². The van der Waals surface area contributed by atoms with E-state index < -0.39 is 0 Å². The normalized spacial score (nSPS) is 24.7. The van der Waals surface area contributed by atoms with Crippen LogP contribution >= 0.6 is 0 Å². The van der Waals surface area contributed by atoms with Gasteiger partial charge in [-0.15, -0.1) is 0 Å². The quantitative estimate of drug-likeness (QED) is 0.573. The van der Waals surface area contributed by atoms with Crippen molar-refractivity contribution in [2.75, 3.05) is 20.8 Å². The van der Waals surface area contributed by atoms with Gasteiger partial charge in [-0.1, -0.05) is 6.42 Å². The topological polar surface area (TPSA) is 78.9 Å². The van der Waals surface area contributed by atoms with E-state index in [-0.39, 0.29) is 36.1 Å². The molecule has 2 aliphatic rings. The minimum absolute atomic E-state index is 0.0124. The van der Waals surface area contributed by atoms with Gasteiger partial charge in [-0.05, 0) is 43.9 Å². The van der Waals surface area contributed by atoms with Crippen molar-refractivity contribution >= 4 is 17.5 Å². The number of fused-ring (bicyclic) bond motifs is 2. The first-order chi connectivity index (χ1) is 12.5. The molecule has 1 aromatic carbocycles. The SMILES string of the molecule is COc1ccc(C(=O)COC(=O)C2C[C@@H]3CCC[C@@H](C2)C3=O)cc1OC. The van der Waals surface area contributed by atoms with Gasteiger partial charge >= 0.3 is 5.97 Å². The molecular formula is C20H24O6. The summed E-state index contributed by atoms with van der Waals surface area (Å²) < 4.78 is 15.6. The van der Waals surface area contributed by atoms with Crippen molar-refractivity contribution in [3.05, 3.63) is 23.8 Å². The number of carbonyl (C=O) groups is 3. The fraction of sp³-hybridized carbons (Fsp3) is 0.550. The first-order valence-corrected chi connectivity index (χ1v) is 8.99. The second-order valence-corrected chi connectivity index (χ2v) is 7.00. The third-order valence-electron chi connectivity index (χ3n) is 5.43. The van der Waals surface area contributed by atoms with Crippen LogP contribution in [0.1, 0.15) is 42.5 Å². The summed E-state index contributed by atoms with van der Waals surface area (Å²) in [6.45, 7) is -0.311. The Hall–Kier alpha value is -2.37. The van der Waals surface area contributed by atoms with Crippen LogP contribution in [-0.4, -0.2) is 38.4 Å². The van der Waals surface area contributed by atoms with Gasteiger partial charge in [-0.2, -0.15) is 0 Å². The van der Waals surface area contributed by atoms with Crippen LogP contribution in [0.5, 0.6) is 11.5 Å². The molecule has 2 aliphatic carbocycles. The summed E-state index contributed by atoms with van der Waals surface area (Å²) in [4.78, 5) is 36.8. The number of ether oxygens (including phenoxy) is 3. The number of rotatable bonds is 6. The average molecular weight is 360 g/mol. The van der Waals surface area contributed by atoms with E-state index >= 15 is 0 Å². The first-order valence-electron chi connectivity index (χ1n) is 8.99. The third-order valence-corrected chi connectivity index (χ3v) is 5.43. The van der Waals surface area contributed by atoms with Crippen LogP contribution in [0.25, 0.3) is 0 Å². The molecule has 0 unspecified atom stereocenters. The van der Waals surface area contributed by atoms with E-state index in [0.717, 1.165) is 19.3 Å². The summed E-state index contributed by atoms with van der Waals surface area (Å²) >= 11 is 0. The van der Waals surface area contributed by atoms with Gasteiger partial charge in [0.1, 0.15) is 5.78 Å². The van der Waals surface area contributed by atoms with Crippen LogP contribution in [0.2, 0.25) is 0 Å². The van der Waals surface area contributed by atoms with Crippen LogP contribution in [-0.2, 0) is 14.3 Å². The van der Waals surface area contributed by atoms with E-state index in [0.29, 0.717) is 35.7 Å². The highest BCUT2D eigenvalue weighted by Gasteiger charge is 2.41. The third kappa shape index (κ3) is 3.74. The van der Waals surface area contributed by atoms with Crippen molar-refractivity contribution in [3.8, 4) is 11.5 Å². The molecule has 2 atom stereocenters. The molecule has 6 heteroatoms. The van der Waals surface area contributed by atoms with E-state index in [4.69, 9.17) is 14.2 Å². The Bertz CT molecular complexity index is 694. The molecular weight excluding hydrogens is 336 g/mol. The summed E-state index contributed by atoms with van der Waals surface area (Å²) in [5.41, 5.74) is 0.395. The molecule has 0 amide bonds. The van der Waals surface area contributed by atoms with Gasteiger partial charge in [-0.3, -0.25) is 14.4 Å². The fourth-order valence-electron chi connectivity index (χ4n) is 4.02. The van der Waals surface area contributed by atoms with Crippen molar-refractivity contribution in [3.63, 3.8) is 0 Å². The van der Waals surface area contributed by atoms with E-state index in [1.54, 1.807) is 18.2 Å². The molecule has 0 radical (unpaired) electrons. The van der Waals surface area contributed by atoms with Gasteiger partial charge in [0.05, 0.1) is 20.1 Å². The highest BCUT2D eigenvalue weighted by atomic mass is 16.5. The zero-order chi connectivity index (χ0) is 18.7. The number of benzene rings is 1. The fourth-order valence-corrected chi connectivity index (χ4v) is 4.02. The Morgan fingerprint density at radius 3 is 2.31 bits per heavy atom. The van der Waals surface area contributed by atoms with Crippen LogP contribution < -0.4 is 9.47 Å². The molecule has 26 heavy (non-hydrogen) atoms. The van der Waals surface area contributed by atoms with Crippen molar-refractivity contribution in [1.29, 1.82) is 0 Å². The number of hydrogen-bond acceptors (Lipinski definition) is 6. The lowest BCUT2D eigenvalue weighted by Crippen LogP contribution is -2.39. The predicted molar refractivity (Wildman–Crippen MR) is 93.4 cm³/mol. The summed E-state index contributed by atoms with van der Waals surface area (Å²) in [5, 5.41) is 0. The van der Waals surface area contributed by atoms with E-state index in [1.165, 1.54) is 14.2 Å². The maximum absolute atomic E-state index is 12.4. The summed E-state index contributed by atoms with van der Waals surface area (Å²) in [6, 6.07) is 4.82. The molecule has 0 spiro atoms. The van der Waals surface area contributed by atoms with Gasteiger partial charge in [0, 0.05) is 17.4 Å². The maximum atomic E-state index is 12.4. The standard InChI is InChI=1S/C20H24O6/c1-24-17-7-6-12(10-18(17)25-2)16(21)11-26-20(23)15-8-13-4-3-5-14(9-15)19(13)22/h6-7,10,13-15H,3-5,8-9,11H2,1-2H3/t13-,14-/m0/s1. The summed E-state index contributed by atoms with van der Waals surface area (Å²) in [6.07, 6.45) is 3.89. The van der Waals surface area contributed by atoms with Crippen LogP contribution in [0.4, 0.5) is 0 Å². The molecule has 2 fully saturated rings. The number of ketones is 2.